The van der Waals surface area contributed by atoms with E-state index < -0.39 is 0 Å². The molecular formula is C17H26N2O2. The minimum Gasteiger partial charge on any atom is -0.395 e. The van der Waals surface area contributed by atoms with E-state index in [0.29, 0.717) is 19.0 Å². The lowest BCUT2D eigenvalue weighted by Gasteiger charge is -2.29. The van der Waals surface area contributed by atoms with Gasteiger partial charge in [0.25, 0.3) is 0 Å². The molecule has 1 saturated heterocycles. The molecule has 1 aliphatic rings. The number of aryl methyl sites for hydroxylation is 1. The van der Waals surface area contributed by atoms with E-state index >= 15 is 0 Å². The monoisotopic (exact) mass is 290 g/mol. The van der Waals surface area contributed by atoms with Crippen molar-refractivity contribution >= 4 is 11.6 Å². The molecule has 1 aromatic carbocycles. The molecule has 4 nitrogen and oxygen atoms in total. The fraction of sp³-hybridized carbons (Fsp3) is 0.588. The smallest absolute Gasteiger partial charge is 0.241 e. The molecule has 2 atom stereocenters. The molecule has 1 heterocycles. The Kier molecular flexibility index (Phi) is 5.37. The van der Waals surface area contributed by atoms with Crippen LogP contribution in [0.1, 0.15) is 25.8 Å². The van der Waals surface area contributed by atoms with E-state index in [1.165, 1.54) is 0 Å². The van der Waals surface area contributed by atoms with Crippen LogP contribution in [0.2, 0.25) is 0 Å². The van der Waals surface area contributed by atoms with E-state index in [1.54, 1.807) is 0 Å². The van der Waals surface area contributed by atoms with Gasteiger partial charge in [-0.3, -0.25) is 9.69 Å². The quantitative estimate of drug-likeness (QED) is 0.902. The van der Waals surface area contributed by atoms with E-state index in [0.717, 1.165) is 24.2 Å². The van der Waals surface area contributed by atoms with Gasteiger partial charge in [-0.15, -0.1) is 0 Å². The summed E-state index contributed by atoms with van der Waals surface area (Å²) in [7, 11) is 0. The lowest BCUT2D eigenvalue weighted by atomic mass is 10.0. The third kappa shape index (κ3) is 3.44. The van der Waals surface area contributed by atoms with Gasteiger partial charge in [-0.25, -0.2) is 0 Å². The minimum atomic E-state index is 0.111. The van der Waals surface area contributed by atoms with E-state index in [9.17, 15) is 9.90 Å². The molecule has 0 aromatic heterocycles. The van der Waals surface area contributed by atoms with Crippen molar-refractivity contribution < 1.29 is 9.90 Å². The summed E-state index contributed by atoms with van der Waals surface area (Å²) in [6.45, 7) is 8.24. The molecule has 0 aliphatic carbocycles. The molecule has 0 bridgehead atoms. The van der Waals surface area contributed by atoms with Crippen LogP contribution < -0.4 is 4.90 Å². The Balaban J connectivity index is 2.09. The first-order chi connectivity index (χ1) is 10.1. The molecule has 1 fully saturated rings. The summed E-state index contributed by atoms with van der Waals surface area (Å²) in [5.74, 6) is 0.565. The van der Waals surface area contributed by atoms with Gasteiger partial charge in [0.15, 0.2) is 0 Å². The Hall–Kier alpha value is -1.39. The second-order valence-electron chi connectivity index (χ2n) is 5.91. The number of rotatable bonds is 5. The summed E-state index contributed by atoms with van der Waals surface area (Å²) < 4.78 is 0. The highest BCUT2D eigenvalue weighted by Crippen LogP contribution is 2.24. The van der Waals surface area contributed by atoms with Crippen LogP contribution in [0.3, 0.4) is 0 Å². The maximum atomic E-state index is 12.7. The molecule has 1 N–H and O–H groups in total. The zero-order valence-electron chi connectivity index (χ0n) is 13.2. The SMILES string of the molecule is CCN(C(=O)CN1CCC(C)C1CO)c1ccccc1C. The van der Waals surface area contributed by atoms with Crippen molar-refractivity contribution in [1.29, 1.82) is 0 Å². The number of hydrogen-bond donors (Lipinski definition) is 1. The van der Waals surface area contributed by atoms with Crippen molar-refractivity contribution in [3.05, 3.63) is 29.8 Å². The zero-order chi connectivity index (χ0) is 15.4. The normalized spacial score (nSPS) is 22.5. The molecule has 0 saturated carbocycles. The first kappa shape index (κ1) is 16.0. The lowest BCUT2D eigenvalue weighted by molar-refractivity contribution is -0.120. The molecule has 2 unspecified atom stereocenters. The Morgan fingerprint density at radius 2 is 2.14 bits per heavy atom. The van der Waals surface area contributed by atoms with Crippen LogP contribution in [0.25, 0.3) is 0 Å². The van der Waals surface area contributed by atoms with Crippen LogP contribution in [-0.2, 0) is 4.79 Å². The third-order valence-corrected chi connectivity index (χ3v) is 4.55. The van der Waals surface area contributed by atoms with Crippen molar-refractivity contribution in [2.24, 2.45) is 5.92 Å². The Bertz CT molecular complexity index is 489. The van der Waals surface area contributed by atoms with Crippen LogP contribution in [0.15, 0.2) is 24.3 Å². The second-order valence-corrected chi connectivity index (χ2v) is 5.91. The van der Waals surface area contributed by atoms with E-state index in [1.807, 2.05) is 43.0 Å². The molecule has 1 amide bonds. The number of benzene rings is 1. The van der Waals surface area contributed by atoms with E-state index in [-0.39, 0.29) is 18.6 Å². The van der Waals surface area contributed by atoms with Gasteiger partial charge in [-0.05, 0) is 44.4 Å². The fourth-order valence-electron chi connectivity index (χ4n) is 3.19. The van der Waals surface area contributed by atoms with Gasteiger partial charge in [0.2, 0.25) is 5.91 Å². The predicted octanol–water partition coefficient (Wildman–Crippen LogP) is 2.05. The number of aliphatic hydroxyl groups is 1. The van der Waals surface area contributed by atoms with Gasteiger partial charge in [0.1, 0.15) is 0 Å². The fourth-order valence-corrected chi connectivity index (χ4v) is 3.19. The van der Waals surface area contributed by atoms with E-state index in [4.69, 9.17) is 0 Å². The highest BCUT2D eigenvalue weighted by atomic mass is 16.3. The maximum Gasteiger partial charge on any atom is 0.241 e. The highest BCUT2D eigenvalue weighted by Gasteiger charge is 2.32. The zero-order valence-corrected chi connectivity index (χ0v) is 13.2. The van der Waals surface area contributed by atoms with Crippen LogP contribution in [-0.4, -0.2) is 48.2 Å². The Labute approximate surface area is 127 Å². The number of nitrogens with zero attached hydrogens (tertiary/aromatic N) is 2. The molecule has 1 aromatic rings. The second kappa shape index (κ2) is 7.05. The number of aliphatic hydroxyl groups excluding tert-OH is 1. The highest BCUT2D eigenvalue weighted by molar-refractivity contribution is 5.95. The van der Waals surface area contributed by atoms with Crippen molar-refractivity contribution in [1.82, 2.24) is 4.90 Å². The van der Waals surface area contributed by atoms with Crippen LogP contribution in [0, 0.1) is 12.8 Å². The largest absolute Gasteiger partial charge is 0.395 e. The molecule has 1 aliphatic heterocycles. The Morgan fingerprint density at radius 1 is 1.43 bits per heavy atom. The molecule has 116 valence electrons. The Morgan fingerprint density at radius 3 is 2.76 bits per heavy atom. The van der Waals surface area contributed by atoms with Crippen molar-refractivity contribution in [2.45, 2.75) is 33.2 Å². The molecule has 21 heavy (non-hydrogen) atoms. The third-order valence-electron chi connectivity index (χ3n) is 4.55. The summed E-state index contributed by atoms with van der Waals surface area (Å²) in [6, 6.07) is 8.09. The number of likely N-dealkylation sites (tertiary alicyclic amines) is 1. The van der Waals surface area contributed by atoms with Crippen molar-refractivity contribution in [3.8, 4) is 0 Å². The summed E-state index contributed by atoms with van der Waals surface area (Å²) in [4.78, 5) is 16.6. The first-order valence-electron chi connectivity index (χ1n) is 7.79. The van der Waals surface area contributed by atoms with Gasteiger partial charge in [-0.2, -0.15) is 0 Å². The molecule has 0 radical (unpaired) electrons. The predicted molar refractivity (Wildman–Crippen MR) is 85.4 cm³/mol. The van der Waals surface area contributed by atoms with Gasteiger partial charge >= 0.3 is 0 Å². The van der Waals surface area contributed by atoms with Crippen LogP contribution >= 0.6 is 0 Å². The number of hydrogen-bond acceptors (Lipinski definition) is 3. The maximum absolute atomic E-state index is 12.7. The van der Waals surface area contributed by atoms with Crippen LogP contribution in [0.4, 0.5) is 5.69 Å². The number of para-hydroxylation sites is 1. The molecule has 4 heteroatoms. The number of amides is 1. The average Bonchev–Trinajstić information content (AvgIpc) is 2.82. The summed E-state index contributed by atoms with van der Waals surface area (Å²) in [5, 5.41) is 9.51. The van der Waals surface area contributed by atoms with Crippen LogP contribution in [0.5, 0.6) is 0 Å². The summed E-state index contributed by atoms with van der Waals surface area (Å²) in [6.07, 6.45) is 1.05. The minimum absolute atomic E-state index is 0.111. The number of anilines is 1. The molecule has 0 spiro atoms. The van der Waals surface area contributed by atoms with Gasteiger partial charge < -0.3 is 10.0 Å². The van der Waals surface area contributed by atoms with E-state index in [2.05, 4.69) is 11.8 Å². The summed E-state index contributed by atoms with van der Waals surface area (Å²) in [5.41, 5.74) is 2.10. The topological polar surface area (TPSA) is 43.8 Å². The molecule has 2 rings (SSSR count). The first-order valence-corrected chi connectivity index (χ1v) is 7.79. The number of likely N-dealkylation sites (N-methyl/N-ethyl adjacent to an activating group) is 1. The van der Waals surface area contributed by atoms with Gasteiger partial charge in [-0.1, -0.05) is 25.1 Å². The molecular weight excluding hydrogens is 264 g/mol. The standard InChI is InChI=1S/C17H26N2O2/c1-4-19(15-8-6-5-7-13(15)2)17(21)11-18-10-9-14(3)16(18)12-20/h5-8,14,16,20H,4,9-12H2,1-3H3. The summed E-state index contributed by atoms with van der Waals surface area (Å²) >= 11 is 0. The van der Waals surface area contributed by atoms with Crippen molar-refractivity contribution in [2.75, 3.05) is 31.1 Å². The van der Waals surface area contributed by atoms with Gasteiger partial charge in [0.05, 0.1) is 13.2 Å². The average molecular weight is 290 g/mol. The number of carbonyl (C=O) groups excluding carboxylic acids is 1. The van der Waals surface area contributed by atoms with Crippen molar-refractivity contribution in [3.63, 3.8) is 0 Å². The number of carbonyl (C=O) groups is 1. The lowest BCUT2D eigenvalue weighted by Crippen LogP contribution is -2.44. The van der Waals surface area contributed by atoms with Gasteiger partial charge in [0, 0.05) is 18.3 Å².